The molecule has 2 N–H and O–H groups in total. The minimum atomic E-state index is -0.0781. The molecule has 21 heavy (non-hydrogen) atoms. The number of nitrogens with zero attached hydrogens (tertiary/aromatic N) is 3. The van der Waals surface area contributed by atoms with E-state index in [9.17, 15) is 5.11 Å². The number of aryl methyl sites for hydroxylation is 1. The van der Waals surface area contributed by atoms with Crippen molar-refractivity contribution < 1.29 is 5.11 Å². The molecule has 120 valence electrons. The van der Waals surface area contributed by atoms with Crippen LogP contribution in [-0.2, 0) is 13.6 Å². The molecule has 1 saturated carbocycles. The van der Waals surface area contributed by atoms with Crippen LogP contribution in [0.4, 0.5) is 0 Å². The largest absolute Gasteiger partial charge is 0.394 e. The highest BCUT2D eigenvalue weighted by Crippen LogP contribution is 2.26. The number of nitrogens with one attached hydrogen (secondary N) is 1. The fourth-order valence-electron chi connectivity index (χ4n) is 2.80. The Morgan fingerprint density at radius 3 is 2.81 bits per heavy atom. The van der Waals surface area contributed by atoms with Gasteiger partial charge in [0.2, 0.25) is 0 Å². The van der Waals surface area contributed by atoms with Gasteiger partial charge < -0.3 is 15.0 Å². The van der Waals surface area contributed by atoms with Crippen LogP contribution >= 0.6 is 0 Å². The van der Waals surface area contributed by atoms with Crippen molar-refractivity contribution in [1.82, 2.24) is 19.8 Å². The molecule has 1 fully saturated rings. The molecule has 1 aliphatic rings. The first kappa shape index (κ1) is 16.5. The first-order valence-corrected chi connectivity index (χ1v) is 8.12. The lowest BCUT2D eigenvalue weighted by atomic mass is 9.91. The highest BCUT2D eigenvalue weighted by Gasteiger charge is 2.33. The maximum atomic E-state index is 9.77. The van der Waals surface area contributed by atoms with Crippen LogP contribution in [0.1, 0.15) is 44.9 Å². The molecule has 0 bridgehead atoms. The summed E-state index contributed by atoms with van der Waals surface area (Å²) in [6.45, 7) is 4.31. The van der Waals surface area contributed by atoms with Crippen molar-refractivity contribution in [1.29, 1.82) is 0 Å². The lowest BCUT2D eigenvalue weighted by Crippen LogP contribution is -2.49. The second-order valence-corrected chi connectivity index (χ2v) is 6.51. The van der Waals surface area contributed by atoms with Crippen LogP contribution in [0.25, 0.3) is 0 Å². The van der Waals surface area contributed by atoms with Gasteiger partial charge >= 0.3 is 0 Å². The van der Waals surface area contributed by atoms with Gasteiger partial charge in [0.1, 0.15) is 5.82 Å². The molecule has 1 atom stereocenters. The summed E-state index contributed by atoms with van der Waals surface area (Å²) in [6, 6.07) is 0.641. The average Bonchev–Trinajstić information content (AvgIpc) is 3.20. The van der Waals surface area contributed by atoms with Crippen LogP contribution in [0.15, 0.2) is 12.4 Å². The van der Waals surface area contributed by atoms with Gasteiger partial charge in [-0.1, -0.05) is 6.92 Å². The van der Waals surface area contributed by atoms with E-state index < -0.39 is 0 Å². The van der Waals surface area contributed by atoms with Crippen molar-refractivity contribution in [2.24, 2.45) is 7.05 Å². The van der Waals surface area contributed by atoms with Crippen molar-refractivity contribution in [3.8, 4) is 0 Å². The van der Waals surface area contributed by atoms with Crippen molar-refractivity contribution in [3.05, 3.63) is 18.2 Å². The third kappa shape index (κ3) is 4.80. The number of hydrogen-bond donors (Lipinski definition) is 2. The second-order valence-electron chi connectivity index (χ2n) is 6.51. The van der Waals surface area contributed by atoms with E-state index in [1.807, 2.05) is 19.4 Å². The molecule has 5 heteroatoms. The zero-order chi connectivity index (χ0) is 15.3. The molecule has 1 aromatic rings. The Balaban J connectivity index is 1.74. The zero-order valence-corrected chi connectivity index (χ0v) is 13.7. The highest BCUT2D eigenvalue weighted by atomic mass is 16.3. The smallest absolute Gasteiger partial charge is 0.122 e. The van der Waals surface area contributed by atoms with Gasteiger partial charge in [-0.3, -0.25) is 4.90 Å². The Morgan fingerprint density at radius 2 is 2.29 bits per heavy atom. The second kappa shape index (κ2) is 7.38. The number of imidazole rings is 1. The predicted octanol–water partition coefficient (Wildman–Crippen LogP) is 1.53. The summed E-state index contributed by atoms with van der Waals surface area (Å²) < 4.78 is 2.06. The van der Waals surface area contributed by atoms with E-state index in [4.69, 9.17) is 0 Å². The summed E-state index contributed by atoms with van der Waals surface area (Å²) in [6.07, 6.45) is 9.47. The van der Waals surface area contributed by atoms with Gasteiger partial charge in [-0.05, 0) is 45.7 Å². The molecule has 0 radical (unpaired) electrons. The SMILES string of the molecule is CCC(CO)(CCCN(C)Cc1nccn1C)NC1CC1. The Morgan fingerprint density at radius 1 is 1.52 bits per heavy atom. The number of aromatic nitrogens is 2. The number of aliphatic hydroxyl groups is 1. The van der Waals surface area contributed by atoms with Gasteiger partial charge in [-0.15, -0.1) is 0 Å². The summed E-state index contributed by atoms with van der Waals surface area (Å²) in [7, 11) is 4.17. The summed E-state index contributed by atoms with van der Waals surface area (Å²) in [5.74, 6) is 1.09. The van der Waals surface area contributed by atoms with Crippen molar-refractivity contribution in [2.75, 3.05) is 20.2 Å². The predicted molar refractivity (Wildman–Crippen MR) is 85.0 cm³/mol. The molecule has 2 rings (SSSR count). The maximum Gasteiger partial charge on any atom is 0.122 e. The van der Waals surface area contributed by atoms with Gasteiger partial charge in [0.25, 0.3) is 0 Å². The molecule has 0 spiro atoms. The maximum absolute atomic E-state index is 9.77. The fourth-order valence-corrected chi connectivity index (χ4v) is 2.80. The molecule has 1 unspecified atom stereocenters. The van der Waals surface area contributed by atoms with E-state index in [1.165, 1.54) is 12.8 Å². The molecule has 0 aromatic carbocycles. The molecule has 1 aliphatic carbocycles. The van der Waals surface area contributed by atoms with Gasteiger partial charge in [0, 0.05) is 31.0 Å². The Hall–Kier alpha value is -0.910. The zero-order valence-electron chi connectivity index (χ0n) is 13.7. The highest BCUT2D eigenvalue weighted by molar-refractivity contribution is 4.95. The van der Waals surface area contributed by atoms with Crippen LogP contribution in [0.2, 0.25) is 0 Å². The molecule has 0 amide bonds. The van der Waals surface area contributed by atoms with Gasteiger partial charge in [0.05, 0.1) is 13.2 Å². The average molecular weight is 294 g/mol. The van der Waals surface area contributed by atoms with E-state index >= 15 is 0 Å². The summed E-state index contributed by atoms with van der Waals surface area (Å²) in [5, 5.41) is 13.4. The quantitative estimate of drug-likeness (QED) is 0.687. The number of aliphatic hydroxyl groups excluding tert-OH is 1. The van der Waals surface area contributed by atoms with Gasteiger partial charge in [0.15, 0.2) is 0 Å². The van der Waals surface area contributed by atoms with Crippen molar-refractivity contribution in [3.63, 3.8) is 0 Å². The van der Waals surface area contributed by atoms with E-state index in [0.717, 1.165) is 38.2 Å². The molecule has 1 aromatic heterocycles. The molecule has 1 heterocycles. The molecule has 0 aliphatic heterocycles. The minimum Gasteiger partial charge on any atom is -0.394 e. The lowest BCUT2D eigenvalue weighted by molar-refractivity contribution is 0.137. The van der Waals surface area contributed by atoms with Gasteiger partial charge in [-0.2, -0.15) is 0 Å². The van der Waals surface area contributed by atoms with Crippen LogP contribution in [0, 0.1) is 0 Å². The Labute approximate surface area is 128 Å². The van der Waals surface area contributed by atoms with E-state index in [1.54, 1.807) is 0 Å². The molecular formula is C16H30N4O. The molecule has 0 saturated heterocycles. The van der Waals surface area contributed by atoms with Crippen LogP contribution in [0.3, 0.4) is 0 Å². The van der Waals surface area contributed by atoms with Crippen molar-refractivity contribution in [2.45, 2.75) is 57.2 Å². The topological polar surface area (TPSA) is 53.3 Å². The van der Waals surface area contributed by atoms with E-state index in [0.29, 0.717) is 6.04 Å². The first-order valence-electron chi connectivity index (χ1n) is 8.12. The number of rotatable bonds is 10. The standard InChI is InChI=1S/C16H30N4O/c1-4-16(13-21,18-14-6-7-14)8-5-10-19(2)12-15-17-9-11-20(15)3/h9,11,14,18,21H,4-8,10,12-13H2,1-3H3. The summed E-state index contributed by atoms with van der Waals surface area (Å²) in [4.78, 5) is 6.66. The summed E-state index contributed by atoms with van der Waals surface area (Å²) in [5.41, 5.74) is -0.0781. The van der Waals surface area contributed by atoms with Crippen LogP contribution < -0.4 is 5.32 Å². The van der Waals surface area contributed by atoms with Gasteiger partial charge in [-0.25, -0.2) is 4.98 Å². The fraction of sp³-hybridized carbons (Fsp3) is 0.812. The number of hydrogen-bond acceptors (Lipinski definition) is 4. The normalized spacial score (nSPS) is 18.1. The Kier molecular flexibility index (Phi) is 5.79. The van der Waals surface area contributed by atoms with Crippen LogP contribution in [-0.4, -0.2) is 51.3 Å². The third-order valence-corrected chi connectivity index (χ3v) is 4.59. The lowest BCUT2D eigenvalue weighted by Gasteiger charge is -2.33. The first-order chi connectivity index (χ1) is 10.1. The Bertz CT molecular complexity index is 424. The minimum absolute atomic E-state index is 0.0781. The summed E-state index contributed by atoms with van der Waals surface area (Å²) >= 11 is 0. The molecule has 5 nitrogen and oxygen atoms in total. The van der Waals surface area contributed by atoms with Crippen LogP contribution in [0.5, 0.6) is 0 Å². The van der Waals surface area contributed by atoms with E-state index in [-0.39, 0.29) is 12.1 Å². The monoisotopic (exact) mass is 294 g/mol. The van der Waals surface area contributed by atoms with Crippen molar-refractivity contribution >= 4 is 0 Å². The third-order valence-electron chi connectivity index (χ3n) is 4.59. The van der Waals surface area contributed by atoms with E-state index in [2.05, 4.69) is 33.7 Å². The molecular weight excluding hydrogens is 264 g/mol.